The van der Waals surface area contributed by atoms with E-state index in [4.69, 9.17) is 4.74 Å². The Bertz CT molecular complexity index is 521. The molecule has 1 aromatic carbocycles. The number of halogens is 1. The predicted molar refractivity (Wildman–Crippen MR) is 88.9 cm³/mol. The largest absolute Gasteiger partial charge is 0.465 e. The van der Waals surface area contributed by atoms with Gasteiger partial charge in [-0.2, -0.15) is 0 Å². The molecule has 1 heterocycles. The van der Waals surface area contributed by atoms with Gasteiger partial charge >= 0.3 is 5.97 Å². The van der Waals surface area contributed by atoms with Crippen LogP contribution in [0.3, 0.4) is 0 Å². The molecule has 6 nitrogen and oxygen atoms in total. The summed E-state index contributed by atoms with van der Waals surface area (Å²) in [4.78, 5) is 23.4. The smallest absolute Gasteiger partial charge is 0.337 e. The number of carbonyl (C=O) groups excluding carboxylic acids is 2. The Balaban J connectivity index is 0.00000264. The van der Waals surface area contributed by atoms with Crippen LogP contribution in [0.5, 0.6) is 0 Å². The minimum atomic E-state index is -0.350. The molecule has 2 rings (SSSR count). The summed E-state index contributed by atoms with van der Waals surface area (Å²) in [5.74, 6) is -0.393. The molecule has 1 aliphatic heterocycles. The van der Waals surface area contributed by atoms with Crippen LogP contribution in [0.15, 0.2) is 24.3 Å². The van der Waals surface area contributed by atoms with E-state index in [9.17, 15) is 9.59 Å². The van der Waals surface area contributed by atoms with E-state index < -0.39 is 0 Å². The molecule has 1 saturated heterocycles. The zero-order valence-corrected chi connectivity index (χ0v) is 14.2. The van der Waals surface area contributed by atoms with Gasteiger partial charge in [0.2, 0.25) is 5.91 Å². The van der Waals surface area contributed by atoms with Crippen molar-refractivity contribution in [3.63, 3.8) is 0 Å². The van der Waals surface area contributed by atoms with Crippen LogP contribution in [-0.2, 0) is 20.7 Å². The molecule has 0 spiro atoms. The molecule has 0 unspecified atom stereocenters. The highest BCUT2D eigenvalue weighted by Gasteiger charge is 2.27. The van der Waals surface area contributed by atoms with Crippen LogP contribution < -0.4 is 10.6 Å². The summed E-state index contributed by atoms with van der Waals surface area (Å²) in [5.41, 5.74) is 1.57. The molecule has 128 valence electrons. The lowest BCUT2D eigenvalue weighted by molar-refractivity contribution is -0.128. The maximum Gasteiger partial charge on any atom is 0.337 e. The van der Waals surface area contributed by atoms with Gasteiger partial charge in [-0.15, -0.1) is 12.4 Å². The number of morpholine rings is 1. The lowest BCUT2D eigenvalue weighted by Gasteiger charge is -2.29. The van der Waals surface area contributed by atoms with Gasteiger partial charge in [-0.25, -0.2) is 4.79 Å². The monoisotopic (exact) mass is 342 g/mol. The molecule has 0 bridgehead atoms. The van der Waals surface area contributed by atoms with Crippen molar-refractivity contribution in [2.24, 2.45) is 0 Å². The van der Waals surface area contributed by atoms with Crippen molar-refractivity contribution in [3.05, 3.63) is 35.4 Å². The van der Waals surface area contributed by atoms with E-state index in [2.05, 4.69) is 15.4 Å². The second-order valence-electron chi connectivity index (χ2n) is 5.24. The van der Waals surface area contributed by atoms with Gasteiger partial charge in [0, 0.05) is 13.1 Å². The van der Waals surface area contributed by atoms with Crippen LogP contribution in [0, 0.1) is 0 Å². The molecule has 0 radical (unpaired) electrons. The lowest BCUT2D eigenvalue weighted by Crippen LogP contribution is -2.55. The predicted octanol–water partition coefficient (Wildman–Crippen LogP) is 0.931. The number of benzene rings is 1. The molecule has 0 aliphatic carbocycles. The second kappa shape index (κ2) is 9.50. The molecule has 1 aromatic rings. The van der Waals surface area contributed by atoms with Crippen LogP contribution in [0.4, 0.5) is 0 Å². The quantitative estimate of drug-likeness (QED) is 0.778. The second-order valence-corrected chi connectivity index (χ2v) is 5.24. The molecule has 2 atom stereocenters. The van der Waals surface area contributed by atoms with E-state index in [0.717, 1.165) is 5.56 Å². The molecule has 1 aliphatic rings. The van der Waals surface area contributed by atoms with Gasteiger partial charge in [0.05, 0.1) is 25.4 Å². The highest BCUT2D eigenvalue weighted by atomic mass is 35.5. The molecule has 7 heteroatoms. The van der Waals surface area contributed by atoms with Crippen molar-refractivity contribution in [2.75, 3.05) is 26.8 Å². The zero-order chi connectivity index (χ0) is 15.9. The molecular formula is C16H23ClN2O4. The third-order valence-electron chi connectivity index (χ3n) is 3.69. The molecule has 0 saturated carbocycles. The maximum absolute atomic E-state index is 12.1. The standard InChI is InChI=1S/C16H22N2O4.ClH/c1-11-14(17-9-10-22-11)15(19)18-8-7-12-3-5-13(6-4-12)16(20)21-2;/h3-6,11,14,17H,7-10H2,1-2H3,(H,18,19);1H/t11-,14+;/m1./s1. The average molecular weight is 343 g/mol. The number of rotatable bonds is 5. The van der Waals surface area contributed by atoms with Crippen molar-refractivity contribution < 1.29 is 19.1 Å². The molecule has 1 amide bonds. The number of hydrogen-bond acceptors (Lipinski definition) is 5. The fourth-order valence-corrected chi connectivity index (χ4v) is 2.39. The topological polar surface area (TPSA) is 76.7 Å². The summed E-state index contributed by atoms with van der Waals surface area (Å²) < 4.78 is 10.1. The Morgan fingerprint density at radius 2 is 2.04 bits per heavy atom. The first-order chi connectivity index (χ1) is 10.6. The Hall–Kier alpha value is -1.63. The van der Waals surface area contributed by atoms with Crippen LogP contribution in [-0.4, -0.2) is 50.8 Å². The zero-order valence-electron chi connectivity index (χ0n) is 13.3. The van der Waals surface area contributed by atoms with Gasteiger partial charge in [-0.1, -0.05) is 12.1 Å². The molecule has 1 fully saturated rings. The Morgan fingerprint density at radius 1 is 1.35 bits per heavy atom. The van der Waals surface area contributed by atoms with E-state index in [1.165, 1.54) is 7.11 Å². The summed E-state index contributed by atoms with van der Waals surface area (Å²) in [6, 6.07) is 6.88. The minimum absolute atomic E-state index is 0. The van der Waals surface area contributed by atoms with Gasteiger partial charge in [0.15, 0.2) is 0 Å². The third-order valence-corrected chi connectivity index (χ3v) is 3.69. The Labute approximate surface area is 142 Å². The molecule has 2 N–H and O–H groups in total. The number of hydrogen-bond donors (Lipinski definition) is 2. The molecule has 23 heavy (non-hydrogen) atoms. The number of esters is 1. The van der Waals surface area contributed by atoms with Crippen LogP contribution >= 0.6 is 12.4 Å². The van der Waals surface area contributed by atoms with E-state index in [1.807, 2.05) is 19.1 Å². The minimum Gasteiger partial charge on any atom is -0.465 e. The fraction of sp³-hybridized carbons (Fsp3) is 0.500. The number of ether oxygens (including phenoxy) is 2. The molecule has 0 aromatic heterocycles. The molecular weight excluding hydrogens is 320 g/mol. The first-order valence-electron chi connectivity index (χ1n) is 7.42. The average Bonchev–Trinajstić information content (AvgIpc) is 2.55. The van der Waals surface area contributed by atoms with E-state index in [0.29, 0.717) is 31.7 Å². The van der Waals surface area contributed by atoms with Gasteiger partial charge in [0.1, 0.15) is 6.04 Å². The first-order valence-corrected chi connectivity index (χ1v) is 7.42. The normalized spacial score (nSPS) is 20.3. The third kappa shape index (κ3) is 5.49. The number of nitrogens with one attached hydrogen (secondary N) is 2. The van der Waals surface area contributed by atoms with Crippen LogP contribution in [0.25, 0.3) is 0 Å². The lowest BCUT2D eigenvalue weighted by atomic mass is 10.1. The first kappa shape index (κ1) is 19.4. The van der Waals surface area contributed by atoms with Crippen molar-refractivity contribution >= 4 is 24.3 Å². The Kier molecular flexibility index (Phi) is 8.02. The van der Waals surface area contributed by atoms with Crippen molar-refractivity contribution in [1.29, 1.82) is 0 Å². The highest BCUT2D eigenvalue weighted by Crippen LogP contribution is 2.07. The fourth-order valence-electron chi connectivity index (χ4n) is 2.39. The van der Waals surface area contributed by atoms with E-state index >= 15 is 0 Å². The number of amides is 1. The highest BCUT2D eigenvalue weighted by molar-refractivity contribution is 5.89. The van der Waals surface area contributed by atoms with Crippen molar-refractivity contribution in [2.45, 2.75) is 25.5 Å². The number of carbonyl (C=O) groups is 2. The number of methoxy groups -OCH3 is 1. The van der Waals surface area contributed by atoms with Gasteiger partial charge in [0.25, 0.3) is 0 Å². The summed E-state index contributed by atoms with van der Waals surface area (Å²) in [6.45, 7) is 3.76. The van der Waals surface area contributed by atoms with Crippen molar-refractivity contribution in [1.82, 2.24) is 10.6 Å². The van der Waals surface area contributed by atoms with Crippen molar-refractivity contribution in [3.8, 4) is 0 Å². The SMILES string of the molecule is COC(=O)c1ccc(CCNC(=O)[C@H]2NCCO[C@@H]2C)cc1.Cl. The Morgan fingerprint density at radius 3 is 2.65 bits per heavy atom. The summed E-state index contributed by atoms with van der Waals surface area (Å²) >= 11 is 0. The van der Waals surface area contributed by atoms with Crippen LogP contribution in [0.2, 0.25) is 0 Å². The van der Waals surface area contributed by atoms with Gasteiger partial charge in [-0.05, 0) is 31.0 Å². The summed E-state index contributed by atoms with van der Waals surface area (Å²) in [5, 5.41) is 6.06. The maximum atomic E-state index is 12.1. The van der Waals surface area contributed by atoms with Crippen LogP contribution in [0.1, 0.15) is 22.8 Å². The summed E-state index contributed by atoms with van der Waals surface area (Å²) in [6.07, 6.45) is 0.586. The van der Waals surface area contributed by atoms with E-state index in [1.54, 1.807) is 12.1 Å². The summed E-state index contributed by atoms with van der Waals surface area (Å²) in [7, 11) is 1.36. The van der Waals surface area contributed by atoms with Gasteiger partial charge < -0.3 is 20.1 Å². The van der Waals surface area contributed by atoms with E-state index in [-0.39, 0.29) is 36.4 Å². The van der Waals surface area contributed by atoms with Gasteiger partial charge in [-0.3, -0.25) is 4.79 Å².